The van der Waals surface area contributed by atoms with Gasteiger partial charge in [-0.3, -0.25) is 0 Å². The molecule has 0 bridgehead atoms. The van der Waals surface area contributed by atoms with Crippen molar-refractivity contribution in [1.82, 2.24) is 0 Å². The van der Waals surface area contributed by atoms with Crippen LogP contribution in [0.2, 0.25) is 3.67 Å². The third kappa shape index (κ3) is 9.66. The number of hydrogen-bond acceptors (Lipinski definition) is 0. The van der Waals surface area contributed by atoms with E-state index in [-0.39, 0.29) is 0 Å². The SMILES string of the molecule is CCCCCCCCCC[CH2][Na].c1ccc2ccccc2c1. The predicted molar refractivity (Wildman–Crippen MR) is 102 cm³/mol. The zero-order valence-electron chi connectivity index (χ0n) is 14.7. The largest absolute Gasteiger partial charge is 0.0616 e. The van der Waals surface area contributed by atoms with Gasteiger partial charge >= 0.3 is 96.3 Å². The molecule has 116 valence electrons. The summed E-state index contributed by atoms with van der Waals surface area (Å²) in [5.74, 6) is 0. The molecule has 0 aromatic heterocycles. The molecule has 0 fully saturated rings. The monoisotopic (exact) mass is 306 g/mol. The number of fused-ring (bicyclic) bond motifs is 1. The van der Waals surface area contributed by atoms with Gasteiger partial charge in [-0.2, -0.15) is 0 Å². The molecule has 2 rings (SSSR count). The van der Waals surface area contributed by atoms with Crippen LogP contribution in [0.1, 0.15) is 64.7 Å². The third-order valence-corrected chi connectivity index (χ3v) is 4.82. The quantitative estimate of drug-likeness (QED) is 0.347. The Balaban J connectivity index is 0.000000222. The standard InChI is InChI=1S/C11H23.C10H8.Na/c1-3-5-7-9-11-10-8-6-4-2;1-2-6-10-8-4-3-7-9(10)5-1;/h1,3-11H2,2H3;1-8H;. The Kier molecular flexibility index (Phi) is 12.8. The van der Waals surface area contributed by atoms with Crippen molar-refractivity contribution in [1.29, 1.82) is 0 Å². The molecule has 0 atom stereocenters. The van der Waals surface area contributed by atoms with Crippen LogP contribution >= 0.6 is 0 Å². The summed E-state index contributed by atoms with van der Waals surface area (Å²) < 4.78 is 1.51. The van der Waals surface area contributed by atoms with Crippen molar-refractivity contribution >= 4 is 38.7 Å². The molecule has 22 heavy (non-hydrogen) atoms. The molecular weight excluding hydrogens is 275 g/mol. The molecule has 0 unspecified atom stereocenters. The van der Waals surface area contributed by atoms with Gasteiger partial charge in [-0.15, -0.1) is 0 Å². The van der Waals surface area contributed by atoms with E-state index in [9.17, 15) is 0 Å². The van der Waals surface area contributed by atoms with Crippen molar-refractivity contribution in [3.63, 3.8) is 0 Å². The topological polar surface area (TPSA) is 0 Å². The van der Waals surface area contributed by atoms with Gasteiger partial charge in [0.25, 0.3) is 0 Å². The van der Waals surface area contributed by atoms with Crippen molar-refractivity contribution in [3.05, 3.63) is 48.5 Å². The zero-order valence-corrected chi connectivity index (χ0v) is 16.7. The van der Waals surface area contributed by atoms with Crippen LogP contribution < -0.4 is 0 Å². The van der Waals surface area contributed by atoms with Crippen molar-refractivity contribution in [3.8, 4) is 0 Å². The normalized spacial score (nSPS) is 10.3. The molecule has 0 saturated heterocycles. The summed E-state index contributed by atoms with van der Waals surface area (Å²) in [7, 11) is 0. The molecule has 0 aliphatic heterocycles. The summed E-state index contributed by atoms with van der Waals surface area (Å²) in [6.45, 7) is 2.28. The molecule has 0 nitrogen and oxygen atoms in total. The van der Waals surface area contributed by atoms with Crippen molar-refractivity contribution in [2.24, 2.45) is 0 Å². The number of rotatable bonds is 9. The van der Waals surface area contributed by atoms with Gasteiger partial charge in [0.2, 0.25) is 0 Å². The maximum atomic E-state index is 2.28. The molecule has 1 heteroatoms. The summed E-state index contributed by atoms with van der Waals surface area (Å²) in [4.78, 5) is 0. The van der Waals surface area contributed by atoms with E-state index in [1.54, 1.807) is 0 Å². The Hall–Kier alpha value is -0.300. The van der Waals surface area contributed by atoms with Gasteiger partial charge in [0.1, 0.15) is 0 Å². The Labute approximate surface area is 155 Å². The van der Waals surface area contributed by atoms with Crippen LogP contribution in [0, 0.1) is 0 Å². The average molecular weight is 306 g/mol. The fourth-order valence-corrected chi connectivity index (χ4v) is 3.19. The summed E-state index contributed by atoms with van der Waals surface area (Å²) >= 11 is 1.41. The first kappa shape index (κ1) is 19.7. The Morgan fingerprint density at radius 2 is 0.955 bits per heavy atom. The first-order chi connectivity index (χ1) is 10.9. The Morgan fingerprint density at radius 1 is 0.591 bits per heavy atom. The third-order valence-electron chi connectivity index (χ3n) is 4.12. The summed E-state index contributed by atoms with van der Waals surface area (Å²) in [6, 6.07) is 16.7. The Morgan fingerprint density at radius 3 is 1.32 bits per heavy atom. The smallest absolute Gasteiger partial charge is 0.0184 e. The van der Waals surface area contributed by atoms with Crippen molar-refractivity contribution in [2.45, 2.75) is 68.4 Å². The number of hydrogen-bond donors (Lipinski definition) is 0. The molecule has 0 N–H and O–H groups in total. The number of benzene rings is 2. The van der Waals surface area contributed by atoms with Gasteiger partial charge in [0.05, 0.1) is 0 Å². The van der Waals surface area contributed by atoms with Gasteiger partial charge < -0.3 is 0 Å². The van der Waals surface area contributed by atoms with Crippen LogP contribution in [0.3, 0.4) is 0 Å². The second-order valence-electron chi connectivity index (χ2n) is 6.18. The summed E-state index contributed by atoms with van der Waals surface area (Å²) in [5, 5.41) is 2.62. The van der Waals surface area contributed by atoms with Gasteiger partial charge in [-0.25, -0.2) is 0 Å². The van der Waals surface area contributed by atoms with Gasteiger partial charge in [-0.05, 0) is 10.8 Å². The van der Waals surface area contributed by atoms with Gasteiger partial charge in [0, 0.05) is 0 Å². The molecule has 0 spiro atoms. The maximum Gasteiger partial charge on any atom is -0.0184 e. The fourth-order valence-electron chi connectivity index (χ4n) is 2.69. The van der Waals surface area contributed by atoms with Crippen molar-refractivity contribution < 1.29 is 0 Å². The van der Waals surface area contributed by atoms with E-state index in [4.69, 9.17) is 0 Å². The van der Waals surface area contributed by atoms with E-state index < -0.39 is 0 Å². The predicted octanol–water partition coefficient (Wildman–Crippen LogP) is 6.94. The van der Waals surface area contributed by atoms with E-state index in [1.165, 1.54) is 100 Å². The molecule has 0 radical (unpaired) electrons. The van der Waals surface area contributed by atoms with Crippen LogP contribution in [0.15, 0.2) is 48.5 Å². The minimum absolute atomic E-state index is 1.31. The van der Waals surface area contributed by atoms with Crippen LogP contribution in [0.4, 0.5) is 0 Å². The van der Waals surface area contributed by atoms with Crippen molar-refractivity contribution in [2.75, 3.05) is 0 Å². The van der Waals surface area contributed by atoms with E-state index in [1.807, 2.05) is 0 Å². The molecular formula is C21H31Na. The molecule has 0 aliphatic carbocycles. The van der Waals surface area contributed by atoms with E-state index >= 15 is 0 Å². The summed E-state index contributed by atoms with van der Waals surface area (Å²) in [6.07, 6.45) is 13.2. The second kappa shape index (κ2) is 14.3. The van der Waals surface area contributed by atoms with Gasteiger partial charge in [-0.1, -0.05) is 48.5 Å². The van der Waals surface area contributed by atoms with Crippen LogP contribution in [0.5, 0.6) is 0 Å². The molecule has 0 amide bonds. The fraction of sp³-hybridized carbons (Fsp3) is 0.524. The molecule has 0 heterocycles. The Bertz CT molecular complexity index is 403. The van der Waals surface area contributed by atoms with E-state index in [0.29, 0.717) is 0 Å². The molecule has 0 aliphatic rings. The summed E-state index contributed by atoms with van der Waals surface area (Å²) in [5.41, 5.74) is 0. The first-order valence-corrected chi connectivity index (χ1v) is 10.7. The molecule has 2 aromatic carbocycles. The zero-order chi connectivity index (χ0) is 15.9. The van der Waals surface area contributed by atoms with E-state index in [0.717, 1.165) is 0 Å². The minimum atomic E-state index is 1.31. The van der Waals surface area contributed by atoms with Crippen LogP contribution in [-0.2, 0) is 0 Å². The second-order valence-corrected chi connectivity index (χ2v) is 7.18. The molecule has 2 aromatic rings. The average Bonchev–Trinajstić information content (AvgIpc) is 2.58. The minimum Gasteiger partial charge on any atom is -0.0616 e. The number of unbranched alkanes of at least 4 members (excludes halogenated alkanes) is 8. The maximum absolute atomic E-state index is 2.28. The van der Waals surface area contributed by atoms with Gasteiger partial charge in [0.15, 0.2) is 0 Å². The van der Waals surface area contributed by atoms with Crippen LogP contribution in [-0.4, -0.2) is 27.9 Å². The van der Waals surface area contributed by atoms with Crippen LogP contribution in [0.25, 0.3) is 10.8 Å². The molecule has 0 saturated carbocycles. The van der Waals surface area contributed by atoms with E-state index in [2.05, 4.69) is 55.5 Å². The first-order valence-electron chi connectivity index (χ1n) is 9.32.